The van der Waals surface area contributed by atoms with Crippen molar-refractivity contribution in [3.63, 3.8) is 0 Å². The molecule has 2 aromatic carbocycles. The number of unbranched alkanes of at least 4 members (excludes halogenated alkanes) is 1. The molecule has 5 heteroatoms. The van der Waals surface area contributed by atoms with Crippen LogP contribution in [0.1, 0.15) is 40.0 Å². The zero-order valence-corrected chi connectivity index (χ0v) is 18.7. The molecule has 1 aromatic heterocycles. The lowest BCUT2D eigenvalue weighted by molar-refractivity contribution is 0.295. The Hall–Kier alpha value is -2.04. The molecule has 0 amide bonds. The molecule has 0 aliphatic rings. The zero-order valence-electron chi connectivity index (χ0n) is 18.0. The van der Waals surface area contributed by atoms with Gasteiger partial charge in [0.25, 0.3) is 0 Å². The molecule has 0 aliphatic heterocycles. The van der Waals surface area contributed by atoms with Gasteiger partial charge >= 0.3 is 0 Å². The van der Waals surface area contributed by atoms with Gasteiger partial charge in [-0.15, -0.1) is 0 Å². The standard InChI is InChI=1S/C24H32ClN3O/c1-5-28(6-2)14-8-7-9-17(3)26-24-20-12-10-18(25)15-23(20)27-22-13-11-19(29-4)16-21(22)24/h10-13,15-17H,5-9,14H2,1-4H3,(H,26,27). The zero-order chi connectivity index (χ0) is 20.8. The lowest BCUT2D eigenvalue weighted by atomic mass is 10.0. The Morgan fingerprint density at radius 2 is 1.83 bits per heavy atom. The molecule has 0 radical (unpaired) electrons. The van der Waals surface area contributed by atoms with Crippen LogP contribution in [-0.2, 0) is 0 Å². The Balaban J connectivity index is 1.83. The molecule has 0 fully saturated rings. The van der Waals surface area contributed by atoms with Gasteiger partial charge in [0.1, 0.15) is 5.75 Å². The van der Waals surface area contributed by atoms with Crippen molar-refractivity contribution in [3.05, 3.63) is 41.4 Å². The topological polar surface area (TPSA) is 37.4 Å². The van der Waals surface area contributed by atoms with Crippen LogP contribution in [0.3, 0.4) is 0 Å². The predicted molar refractivity (Wildman–Crippen MR) is 126 cm³/mol. The molecule has 0 saturated carbocycles. The summed E-state index contributed by atoms with van der Waals surface area (Å²) in [6, 6.07) is 12.3. The third-order valence-corrected chi connectivity index (χ3v) is 5.82. The van der Waals surface area contributed by atoms with Crippen LogP contribution in [0.15, 0.2) is 36.4 Å². The van der Waals surface area contributed by atoms with Gasteiger partial charge in [-0.1, -0.05) is 31.9 Å². The van der Waals surface area contributed by atoms with Crippen LogP contribution in [0.25, 0.3) is 21.8 Å². The number of hydrogen-bond acceptors (Lipinski definition) is 4. The van der Waals surface area contributed by atoms with E-state index in [1.54, 1.807) is 7.11 Å². The van der Waals surface area contributed by atoms with Gasteiger partial charge in [-0.25, -0.2) is 4.98 Å². The lowest BCUT2D eigenvalue weighted by Crippen LogP contribution is -2.24. The van der Waals surface area contributed by atoms with Crippen molar-refractivity contribution >= 4 is 39.1 Å². The SMILES string of the molecule is CCN(CC)CCCCC(C)Nc1c2ccc(Cl)cc2nc2ccc(OC)cc12. The Labute approximate surface area is 179 Å². The maximum Gasteiger partial charge on any atom is 0.119 e. The molecule has 156 valence electrons. The normalized spacial score (nSPS) is 12.6. The van der Waals surface area contributed by atoms with Gasteiger partial charge in [0.05, 0.1) is 23.8 Å². The number of rotatable bonds is 10. The Morgan fingerprint density at radius 3 is 2.55 bits per heavy atom. The van der Waals surface area contributed by atoms with E-state index in [0.717, 1.165) is 52.8 Å². The van der Waals surface area contributed by atoms with Gasteiger partial charge in [-0.2, -0.15) is 0 Å². The van der Waals surface area contributed by atoms with Crippen LogP contribution in [-0.4, -0.2) is 42.7 Å². The van der Waals surface area contributed by atoms with Gasteiger partial charge in [-0.05, 0) is 75.8 Å². The first-order chi connectivity index (χ1) is 14.0. The average Bonchev–Trinajstić information content (AvgIpc) is 2.73. The molecule has 3 aromatic rings. The second-order valence-electron chi connectivity index (χ2n) is 7.60. The first-order valence-corrected chi connectivity index (χ1v) is 11.0. The maximum atomic E-state index is 6.23. The van der Waals surface area contributed by atoms with Crippen molar-refractivity contribution in [2.45, 2.75) is 46.1 Å². The number of pyridine rings is 1. The third-order valence-electron chi connectivity index (χ3n) is 5.59. The van der Waals surface area contributed by atoms with E-state index in [4.69, 9.17) is 21.3 Å². The van der Waals surface area contributed by atoms with Gasteiger partial charge in [0.2, 0.25) is 0 Å². The van der Waals surface area contributed by atoms with Gasteiger partial charge in [-0.3, -0.25) is 0 Å². The summed E-state index contributed by atoms with van der Waals surface area (Å²) in [6.45, 7) is 10.2. The van der Waals surface area contributed by atoms with E-state index in [0.29, 0.717) is 11.1 Å². The molecule has 3 rings (SSSR count). The first kappa shape index (κ1) is 21.7. The molecule has 0 bridgehead atoms. The molecular formula is C24H32ClN3O. The fraction of sp³-hybridized carbons (Fsp3) is 0.458. The highest BCUT2D eigenvalue weighted by molar-refractivity contribution is 6.31. The number of hydrogen-bond donors (Lipinski definition) is 1. The van der Waals surface area contributed by atoms with E-state index < -0.39 is 0 Å². The first-order valence-electron chi connectivity index (χ1n) is 10.6. The molecular weight excluding hydrogens is 382 g/mol. The number of nitrogens with one attached hydrogen (secondary N) is 1. The smallest absolute Gasteiger partial charge is 0.119 e. The van der Waals surface area contributed by atoms with E-state index in [-0.39, 0.29) is 0 Å². The van der Waals surface area contributed by atoms with E-state index in [1.165, 1.54) is 19.4 Å². The van der Waals surface area contributed by atoms with Crippen LogP contribution in [0.4, 0.5) is 5.69 Å². The summed E-state index contributed by atoms with van der Waals surface area (Å²) >= 11 is 6.23. The summed E-state index contributed by atoms with van der Waals surface area (Å²) in [5, 5.41) is 6.63. The monoisotopic (exact) mass is 413 g/mol. The van der Waals surface area contributed by atoms with Crippen LogP contribution >= 0.6 is 11.6 Å². The van der Waals surface area contributed by atoms with Crippen LogP contribution < -0.4 is 10.1 Å². The fourth-order valence-corrected chi connectivity index (χ4v) is 3.99. The second-order valence-corrected chi connectivity index (χ2v) is 8.04. The number of fused-ring (bicyclic) bond motifs is 2. The highest BCUT2D eigenvalue weighted by Crippen LogP contribution is 2.34. The third kappa shape index (κ3) is 5.31. The summed E-state index contributed by atoms with van der Waals surface area (Å²) in [5.41, 5.74) is 2.96. The van der Waals surface area contributed by atoms with Crippen molar-refractivity contribution in [2.24, 2.45) is 0 Å². The van der Waals surface area contributed by atoms with Gasteiger partial charge < -0.3 is 15.0 Å². The van der Waals surface area contributed by atoms with Crippen molar-refractivity contribution in [1.82, 2.24) is 9.88 Å². The van der Waals surface area contributed by atoms with Crippen molar-refractivity contribution in [3.8, 4) is 5.75 Å². The summed E-state index contributed by atoms with van der Waals surface area (Å²) in [6.07, 6.45) is 3.57. The fourth-order valence-electron chi connectivity index (χ4n) is 3.82. The van der Waals surface area contributed by atoms with Gasteiger partial charge in [0, 0.05) is 21.8 Å². The number of aromatic nitrogens is 1. The van der Waals surface area contributed by atoms with Crippen LogP contribution in [0.2, 0.25) is 5.02 Å². The summed E-state index contributed by atoms with van der Waals surface area (Å²) in [7, 11) is 1.70. The highest BCUT2D eigenvalue weighted by atomic mass is 35.5. The van der Waals surface area contributed by atoms with E-state index in [9.17, 15) is 0 Å². The minimum Gasteiger partial charge on any atom is -0.497 e. The van der Waals surface area contributed by atoms with Crippen LogP contribution in [0, 0.1) is 0 Å². The predicted octanol–water partition coefficient (Wildman–Crippen LogP) is 6.36. The van der Waals surface area contributed by atoms with Gasteiger partial charge in [0.15, 0.2) is 0 Å². The molecule has 1 atom stereocenters. The second kappa shape index (κ2) is 10.1. The molecule has 29 heavy (non-hydrogen) atoms. The quantitative estimate of drug-likeness (QED) is 0.310. The number of nitrogens with zero attached hydrogens (tertiary/aromatic N) is 2. The molecule has 1 N–H and O–H groups in total. The van der Waals surface area contributed by atoms with E-state index >= 15 is 0 Å². The van der Waals surface area contributed by atoms with Crippen molar-refractivity contribution < 1.29 is 4.74 Å². The molecule has 0 saturated heterocycles. The number of methoxy groups -OCH3 is 1. The number of ether oxygens (including phenoxy) is 1. The maximum absolute atomic E-state index is 6.23. The Morgan fingerprint density at radius 1 is 1.03 bits per heavy atom. The summed E-state index contributed by atoms with van der Waals surface area (Å²) in [5.74, 6) is 0.836. The minimum absolute atomic E-state index is 0.363. The number of anilines is 1. The highest BCUT2D eigenvalue weighted by Gasteiger charge is 2.13. The van der Waals surface area contributed by atoms with E-state index in [1.807, 2.05) is 24.3 Å². The number of benzene rings is 2. The summed E-state index contributed by atoms with van der Waals surface area (Å²) in [4.78, 5) is 7.29. The number of halogens is 1. The average molecular weight is 414 g/mol. The molecule has 1 heterocycles. The van der Waals surface area contributed by atoms with Crippen LogP contribution in [0.5, 0.6) is 5.75 Å². The van der Waals surface area contributed by atoms with E-state index in [2.05, 4.69) is 43.1 Å². The Bertz CT molecular complexity index is 956. The van der Waals surface area contributed by atoms with Crippen molar-refractivity contribution in [1.29, 1.82) is 0 Å². The molecule has 1 unspecified atom stereocenters. The minimum atomic E-state index is 0.363. The molecule has 0 aliphatic carbocycles. The molecule has 4 nitrogen and oxygen atoms in total. The van der Waals surface area contributed by atoms with Crippen molar-refractivity contribution in [2.75, 3.05) is 32.1 Å². The summed E-state index contributed by atoms with van der Waals surface area (Å²) < 4.78 is 5.46. The largest absolute Gasteiger partial charge is 0.497 e. The lowest BCUT2D eigenvalue weighted by Gasteiger charge is -2.21. The Kier molecular flexibility index (Phi) is 7.57. The molecule has 0 spiro atoms.